The van der Waals surface area contributed by atoms with Gasteiger partial charge in [0, 0.05) is 11.3 Å². The molecule has 1 aromatic heterocycles. The fourth-order valence-corrected chi connectivity index (χ4v) is 1.88. The van der Waals surface area contributed by atoms with E-state index in [9.17, 15) is 4.79 Å². The van der Waals surface area contributed by atoms with Crippen molar-refractivity contribution in [3.05, 3.63) is 36.2 Å². The predicted octanol–water partition coefficient (Wildman–Crippen LogP) is 2.54. The van der Waals surface area contributed by atoms with Crippen molar-refractivity contribution in [1.82, 2.24) is 10.3 Å². The van der Waals surface area contributed by atoms with Gasteiger partial charge in [0.25, 0.3) is 0 Å². The molecule has 21 heavy (non-hydrogen) atoms. The summed E-state index contributed by atoms with van der Waals surface area (Å²) in [7, 11) is 0. The smallest absolute Gasteiger partial charge is 0.319 e. The highest BCUT2D eigenvalue weighted by Gasteiger charge is 2.11. The highest BCUT2D eigenvalue weighted by atomic mass is 16.3. The number of carbonyl (C=O) groups excluding carboxylic acids is 1. The Morgan fingerprint density at radius 3 is 2.90 bits per heavy atom. The van der Waals surface area contributed by atoms with Gasteiger partial charge < -0.3 is 20.2 Å². The monoisotopic (exact) mass is 289 g/mol. The lowest BCUT2D eigenvalue weighted by atomic mass is 10.1. The van der Waals surface area contributed by atoms with Gasteiger partial charge in [0.1, 0.15) is 6.26 Å². The molecular weight excluding hydrogens is 270 g/mol. The molecule has 0 aliphatic heterocycles. The number of anilines is 1. The minimum absolute atomic E-state index is 0.0841. The lowest BCUT2D eigenvalue weighted by molar-refractivity contribution is 0.222. The van der Waals surface area contributed by atoms with Crippen molar-refractivity contribution in [2.75, 3.05) is 11.9 Å². The van der Waals surface area contributed by atoms with E-state index < -0.39 is 0 Å². The predicted molar refractivity (Wildman–Crippen MR) is 80.0 cm³/mol. The van der Waals surface area contributed by atoms with Crippen LogP contribution in [0.5, 0.6) is 0 Å². The van der Waals surface area contributed by atoms with Crippen molar-refractivity contribution in [1.29, 1.82) is 0 Å². The first kappa shape index (κ1) is 15.1. The summed E-state index contributed by atoms with van der Waals surface area (Å²) in [5.41, 5.74) is 2.39. The molecule has 2 rings (SSSR count). The Labute approximate surface area is 123 Å². The Balaban J connectivity index is 2.12. The summed E-state index contributed by atoms with van der Waals surface area (Å²) in [6.07, 6.45) is 3.74. The largest absolute Gasteiger partial charge is 0.445 e. The van der Waals surface area contributed by atoms with Crippen LogP contribution in [0.2, 0.25) is 0 Å². The highest BCUT2D eigenvalue weighted by molar-refractivity contribution is 5.91. The maximum atomic E-state index is 11.9. The normalized spacial score (nSPS) is 12.0. The molecule has 0 bridgehead atoms. The number of rotatable bonds is 5. The zero-order chi connectivity index (χ0) is 15.2. The second-order valence-corrected chi connectivity index (χ2v) is 4.75. The number of nitrogens with zero attached hydrogens (tertiary/aromatic N) is 1. The SMILES string of the molecule is CCC(CO)NC(=O)Nc1cc(-c2ncco2)ccc1C. The summed E-state index contributed by atoms with van der Waals surface area (Å²) >= 11 is 0. The zero-order valence-electron chi connectivity index (χ0n) is 12.1. The summed E-state index contributed by atoms with van der Waals surface area (Å²) < 4.78 is 5.25. The Kier molecular flexibility index (Phi) is 4.94. The lowest BCUT2D eigenvalue weighted by Gasteiger charge is -2.16. The second-order valence-electron chi connectivity index (χ2n) is 4.75. The maximum absolute atomic E-state index is 11.9. The van der Waals surface area contributed by atoms with E-state index in [4.69, 9.17) is 9.52 Å². The Hall–Kier alpha value is -2.34. The van der Waals surface area contributed by atoms with Gasteiger partial charge in [-0.05, 0) is 31.0 Å². The van der Waals surface area contributed by atoms with E-state index in [1.807, 2.05) is 26.0 Å². The van der Waals surface area contributed by atoms with Crippen molar-refractivity contribution in [3.63, 3.8) is 0 Å². The molecule has 0 saturated heterocycles. The summed E-state index contributed by atoms with van der Waals surface area (Å²) in [5, 5.41) is 14.6. The van der Waals surface area contributed by atoms with Crippen molar-refractivity contribution in [2.24, 2.45) is 0 Å². The topological polar surface area (TPSA) is 87.4 Å². The van der Waals surface area contributed by atoms with Gasteiger partial charge in [-0.3, -0.25) is 0 Å². The summed E-state index contributed by atoms with van der Waals surface area (Å²) in [6, 6.07) is 4.98. The van der Waals surface area contributed by atoms with Crippen molar-refractivity contribution in [3.8, 4) is 11.5 Å². The molecule has 0 radical (unpaired) electrons. The summed E-state index contributed by atoms with van der Waals surface area (Å²) in [6.45, 7) is 3.72. The van der Waals surface area contributed by atoms with Crippen LogP contribution in [0.25, 0.3) is 11.5 Å². The number of hydrogen-bond donors (Lipinski definition) is 3. The first-order valence-electron chi connectivity index (χ1n) is 6.83. The van der Waals surface area contributed by atoms with Crippen LogP contribution in [0.4, 0.5) is 10.5 Å². The number of aliphatic hydroxyl groups is 1. The van der Waals surface area contributed by atoms with Crippen LogP contribution in [0, 0.1) is 6.92 Å². The zero-order valence-corrected chi connectivity index (χ0v) is 12.1. The van der Waals surface area contributed by atoms with E-state index >= 15 is 0 Å². The number of aromatic nitrogens is 1. The number of benzene rings is 1. The third-order valence-corrected chi connectivity index (χ3v) is 3.21. The minimum atomic E-state index is -0.344. The molecule has 0 fully saturated rings. The van der Waals surface area contributed by atoms with E-state index in [0.29, 0.717) is 18.0 Å². The Morgan fingerprint density at radius 1 is 1.48 bits per heavy atom. The highest BCUT2D eigenvalue weighted by Crippen LogP contribution is 2.24. The number of aryl methyl sites for hydroxylation is 1. The van der Waals surface area contributed by atoms with Gasteiger partial charge in [-0.15, -0.1) is 0 Å². The molecule has 6 heteroatoms. The van der Waals surface area contributed by atoms with Crippen molar-refractivity contribution < 1.29 is 14.3 Å². The van der Waals surface area contributed by atoms with Crippen molar-refractivity contribution >= 4 is 11.7 Å². The molecule has 1 heterocycles. The van der Waals surface area contributed by atoms with Crippen LogP contribution in [0.1, 0.15) is 18.9 Å². The number of aliphatic hydroxyl groups excluding tert-OH is 1. The van der Waals surface area contributed by atoms with E-state index in [2.05, 4.69) is 15.6 Å². The van der Waals surface area contributed by atoms with Crippen LogP contribution in [0.3, 0.4) is 0 Å². The number of nitrogens with one attached hydrogen (secondary N) is 2. The van der Waals surface area contributed by atoms with Crippen molar-refractivity contribution in [2.45, 2.75) is 26.3 Å². The molecule has 0 spiro atoms. The minimum Gasteiger partial charge on any atom is -0.445 e. The third-order valence-electron chi connectivity index (χ3n) is 3.21. The van der Waals surface area contributed by atoms with Gasteiger partial charge in [-0.1, -0.05) is 13.0 Å². The third kappa shape index (κ3) is 3.82. The van der Waals surface area contributed by atoms with Crippen LogP contribution in [-0.4, -0.2) is 28.8 Å². The van der Waals surface area contributed by atoms with E-state index in [0.717, 1.165) is 11.1 Å². The van der Waals surface area contributed by atoms with E-state index in [1.54, 1.807) is 12.3 Å². The average molecular weight is 289 g/mol. The molecule has 112 valence electrons. The van der Waals surface area contributed by atoms with Gasteiger partial charge in [0.2, 0.25) is 5.89 Å². The molecule has 2 amide bonds. The molecule has 1 aromatic carbocycles. The average Bonchev–Trinajstić information content (AvgIpc) is 3.01. The maximum Gasteiger partial charge on any atom is 0.319 e. The summed E-state index contributed by atoms with van der Waals surface area (Å²) in [5.74, 6) is 0.500. The number of oxazole rings is 1. The van der Waals surface area contributed by atoms with Crippen LogP contribution < -0.4 is 10.6 Å². The van der Waals surface area contributed by atoms with Crippen LogP contribution >= 0.6 is 0 Å². The van der Waals surface area contributed by atoms with E-state index in [-0.39, 0.29) is 18.7 Å². The standard InChI is InChI=1S/C15H19N3O3/c1-3-12(9-19)17-15(20)18-13-8-11(5-4-10(13)2)14-16-6-7-21-14/h4-8,12,19H,3,9H2,1-2H3,(H2,17,18,20). The fraction of sp³-hybridized carbons (Fsp3) is 0.333. The second kappa shape index (κ2) is 6.90. The molecule has 2 aromatic rings. The van der Waals surface area contributed by atoms with Gasteiger partial charge >= 0.3 is 6.03 Å². The molecular formula is C15H19N3O3. The molecule has 1 atom stereocenters. The van der Waals surface area contributed by atoms with Gasteiger partial charge in [-0.25, -0.2) is 9.78 Å². The Morgan fingerprint density at radius 2 is 2.29 bits per heavy atom. The summed E-state index contributed by atoms with van der Waals surface area (Å²) in [4.78, 5) is 16.0. The Bertz CT molecular complexity index is 592. The van der Waals surface area contributed by atoms with E-state index in [1.165, 1.54) is 6.26 Å². The molecule has 6 nitrogen and oxygen atoms in total. The quantitative estimate of drug-likeness (QED) is 0.789. The van der Waals surface area contributed by atoms with Gasteiger partial charge in [0.05, 0.1) is 18.8 Å². The van der Waals surface area contributed by atoms with Gasteiger partial charge in [-0.2, -0.15) is 0 Å². The lowest BCUT2D eigenvalue weighted by Crippen LogP contribution is -2.39. The number of urea groups is 1. The fourth-order valence-electron chi connectivity index (χ4n) is 1.88. The number of amides is 2. The van der Waals surface area contributed by atoms with Crippen LogP contribution in [-0.2, 0) is 0 Å². The number of hydrogen-bond acceptors (Lipinski definition) is 4. The van der Waals surface area contributed by atoms with Gasteiger partial charge in [0.15, 0.2) is 0 Å². The molecule has 0 saturated carbocycles. The molecule has 1 unspecified atom stereocenters. The molecule has 0 aliphatic carbocycles. The first-order chi connectivity index (χ1) is 10.1. The first-order valence-corrected chi connectivity index (χ1v) is 6.83. The molecule has 0 aliphatic rings. The number of carbonyl (C=O) groups is 1. The van der Waals surface area contributed by atoms with Crippen LogP contribution in [0.15, 0.2) is 35.1 Å². The molecule has 3 N–H and O–H groups in total.